The maximum Gasteiger partial charge on any atom is 0.288 e. The minimum Gasteiger partial charge on any atom is -0.308 e. The van der Waals surface area contributed by atoms with E-state index in [-0.39, 0.29) is 5.54 Å². The SMILES string of the molecule is c1ccc(-c2cc[n+]3c(c2)-n2c4ccccc4c4ccc5c(c42)C32c3c(ccc4c6ccccc6n-5c34)C3CCCC32)cc1. The number of fused-ring (bicyclic) bond motifs is 11. The number of aromatic nitrogens is 3. The average Bonchev–Trinajstić information content (AvgIpc) is 3.84. The normalized spacial score (nSPS) is 21.9. The number of para-hydroxylation sites is 2. The molecule has 0 radical (unpaired) electrons. The lowest BCUT2D eigenvalue weighted by Gasteiger charge is -2.42. The van der Waals surface area contributed by atoms with E-state index in [1.54, 1.807) is 11.1 Å². The Hall–Kier alpha value is -5.15. The third-order valence-corrected chi connectivity index (χ3v) is 11.8. The van der Waals surface area contributed by atoms with Crippen LogP contribution in [0.5, 0.6) is 0 Å². The molecule has 3 unspecified atom stereocenters. The molecule has 12 rings (SSSR count). The predicted molar refractivity (Wildman–Crippen MR) is 177 cm³/mol. The van der Waals surface area contributed by atoms with Crippen LogP contribution in [0.15, 0.2) is 121 Å². The summed E-state index contributed by atoms with van der Waals surface area (Å²) in [7, 11) is 0. The van der Waals surface area contributed by atoms with E-state index in [4.69, 9.17) is 0 Å². The van der Waals surface area contributed by atoms with Gasteiger partial charge in [-0.3, -0.25) is 0 Å². The molecule has 1 saturated carbocycles. The van der Waals surface area contributed by atoms with Gasteiger partial charge < -0.3 is 4.57 Å². The number of pyridine rings is 1. The van der Waals surface area contributed by atoms with E-state index in [9.17, 15) is 0 Å². The summed E-state index contributed by atoms with van der Waals surface area (Å²) in [5.41, 5.74) is 13.7. The van der Waals surface area contributed by atoms with Crippen LogP contribution in [0.3, 0.4) is 0 Å². The first-order valence-corrected chi connectivity index (χ1v) is 16.1. The summed E-state index contributed by atoms with van der Waals surface area (Å²) in [6.07, 6.45) is 6.27. The summed E-state index contributed by atoms with van der Waals surface area (Å²) in [4.78, 5) is 0. The van der Waals surface area contributed by atoms with Gasteiger partial charge in [-0.2, -0.15) is 4.57 Å². The second kappa shape index (κ2) is 7.31. The van der Waals surface area contributed by atoms with Gasteiger partial charge in [0.1, 0.15) is 5.52 Å². The lowest BCUT2D eigenvalue weighted by atomic mass is 9.71. The van der Waals surface area contributed by atoms with Gasteiger partial charge in [0.05, 0.1) is 28.5 Å². The van der Waals surface area contributed by atoms with Gasteiger partial charge in [-0.05, 0) is 71.8 Å². The van der Waals surface area contributed by atoms with Crippen molar-refractivity contribution in [1.82, 2.24) is 9.13 Å². The maximum absolute atomic E-state index is 2.73. The molecule has 3 heteroatoms. The van der Waals surface area contributed by atoms with Crippen LogP contribution in [0.1, 0.15) is 41.9 Å². The summed E-state index contributed by atoms with van der Waals surface area (Å²) < 4.78 is 7.95. The van der Waals surface area contributed by atoms with Crippen molar-refractivity contribution in [3.8, 4) is 22.6 Å². The molecule has 0 amide bonds. The predicted octanol–water partition coefficient (Wildman–Crippen LogP) is 9.15. The Morgan fingerprint density at radius 2 is 1.30 bits per heavy atom. The maximum atomic E-state index is 2.73. The van der Waals surface area contributed by atoms with Crippen molar-refractivity contribution in [3.63, 3.8) is 0 Å². The highest BCUT2D eigenvalue weighted by molar-refractivity contribution is 6.16. The van der Waals surface area contributed by atoms with Crippen LogP contribution in [0, 0.1) is 5.92 Å². The van der Waals surface area contributed by atoms with Crippen LogP contribution in [0.2, 0.25) is 0 Å². The van der Waals surface area contributed by atoms with Crippen LogP contribution in [-0.2, 0) is 5.54 Å². The van der Waals surface area contributed by atoms with Crippen molar-refractivity contribution in [2.45, 2.75) is 30.7 Å². The minimum atomic E-state index is -0.246. The van der Waals surface area contributed by atoms with Crippen molar-refractivity contribution < 1.29 is 4.57 Å². The second-order valence-corrected chi connectivity index (χ2v) is 13.4. The van der Waals surface area contributed by atoms with E-state index in [0.29, 0.717) is 11.8 Å². The molecule has 206 valence electrons. The second-order valence-electron chi connectivity index (χ2n) is 13.4. The van der Waals surface area contributed by atoms with Crippen LogP contribution >= 0.6 is 0 Å². The van der Waals surface area contributed by atoms with Crippen LogP contribution < -0.4 is 4.57 Å². The Balaban J connectivity index is 1.38. The van der Waals surface area contributed by atoms with Gasteiger partial charge in [-0.1, -0.05) is 79.2 Å². The molecule has 0 saturated heterocycles. The lowest BCUT2D eigenvalue weighted by Crippen LogP contribution is -2.65. The molecule has 3 atom stereocenters. The van der Waals surface area contributed by atoms with Crippen LogP contribution in [0.25, 0.3) is 66.2 Å². The molecule has 0 bridgehead atoms. The third kappa shape index (κ3) is 2.23. The third-order valence-electron chi connectivity index (χ3n) is 11.8. The van der Waals surface area contributed by atoms with E-state index < -0.39 is 0 Å². The highest BCUT2D eigenvalue weighted by Gasteiger charge is 2.65. The Morgan fingerprint density at radius 3 is 2.11 bits per heavy atom. The van der Waals surface area contributed by atoms with Crippen molar-refractivity contribution in [2.24, 2.45) is 5.92 Å². The van der Waals surface area contributed by atoms with E-state index in [0.717, 1.165) is 0 Å². The molecule has 0 N–H and O–H groups in total. The number of hydrogen-bond donors (Lipinski definition) is 0. The summed E-state index contributed by atoms with van der Waals surface area (Å²) in [5, 5.41) is 5.44. The van der Waals surface area contributed by atoms with Crippen molar-refractivity contribution in [1.29, 1.82) is 0 Å². The minimum absolute atomic E-state index is 0.246. The molecule has 2 aliphatic carbocycles. The summed E-state index contributed by atoms with van der Waals surface area (Å²) in [6.45, 7) is 0. The monoisotopic (exact) mass is 562 g/mol. The van der Waals surface area contributed by atoms with E-state index in [1.807, 2.05) is 0 Å². The van der Waals surface area contributed by atoms with Gasteiger partial charge in [-0.15, -0.1) is 0 Å². The number of nitrogens with zero attached hydrogens (tertiary/aromatic N) is 3. The van der Waals surface area contributed by atoms with Gasteiger partial charge in [0, 0.05) is 39.1 Å². The van der Waals surface area contributed by atoms with Gasteiger partial charge >= 0.3 is 0 Å². The molecular weight excluding hydrogens is 534 g/mol. The van der Waals surface area contributed by atoms with Crippen molar-refractivity contribution in [2.75, 3.05) is 0 Å². The van der Waals surface area contributed by atoms with Gasteiger partial charge in [0.2, 0.25) is 0 Å². The number of hydrogen-bond acceptors (Lipinski definition) is 0. The molecule has 2 aliphatic heterocycles. The molecular formula is C41H28N3+. The zero-order valence-electron chi connectivity index (χ0n) is 24.2. The highest BCUT2D eigenvalue weighted by atomic mass is 15.2. The number of rotatable bonds is 1. The standard InChI is InChI=1S/C41H28N3/c1-2-9-24(10-3-1)25-21-22-42-36(23-25)44-34-16-7-5-12-28(34)31-19-20-35-38(40(31)44)41(42)32-14-8-13-26(32)29-17-18-30-27-11-4-6-15-33(27)43(35)39(30)37(29)41/h1-7,9-12,15-23,26,32H,8,13-14H2/q+1. The molecule has 3 nitrogen and oxygen atoms in total. The highest BCUT2D eigenvalue weighted by Crippen LogP contribution is 2.66. The quantitative estimate of drug-likeness (QED) is 0.177. The Morgan fingerprint density at radius 1 is 0.591 bits per heavy atom. The fourth-order valence-corrected chi connectivity index (χ4v) is 10.4. The van der Waals surface area contributed by atoms with E-state index >= 15 is 0 Å². The first kappa shape index (κ1) is 22.4. The fraction of sp³-hybridized carbons (Fsp3) is 0.146. The Kier molecular flexibility index (Phi) is 3.72. The van der Waals surface area contributed by atoms with Gasteiger partial charge in [0.25, 0.3) is 5.82 Å². The molecule has 44 heavy (non-hydrogen) atoms. The summed E-state index contributed by atoms with van der Waals surface area (Å²) in [5.74, 6) is 2.38. The molecule has 1 spiro atoms. The first-order chi connectivity index (χ1) is 21.9. The zero-order chi connectivity index (χ0) is 28.3. The van der Waals surface area contributed by atoms with Crippen LogP contribution in [0.4, 0.5) is 0 Å². The molecule has 4 aliphatic rings. The molecule has 8 aromatic rings. The number of benzene rings is 5. The topological polar surface area (TPSA) is 13.7 Å². The Labute approximate surface area is 254 Å². The lowest BCUT2D eigenvalue weighted by molar-refractivity contribution is -0.746. The van der Waals surface area contributed by atoms with E-state index in [2.05, 4.69) is 135 Å². The van der Waals surface area contributed by atoms with Gasteiger partial charge in [-0.25, -0.2) is 4.57 Å². The molecule has 1 fully saturated rings. The van der Waals surface area contributed by atoms with E-state index in [1.165, 1.54) is 91.1 Å². The smallest absolute Gasteiger partial charge is 0.288 e. The fourth-order valence-electron chi connectivity index (χ4n) is 10.4. The molecule has 5 heterocycles. The zero-order valence-corrected chi connectivity index (χ0v) is 24.2. The van der Waals surface area contributed by atoms with Crippen LogP contribution in [-0.4, -0.2) is 9.13 Å². The Bertz CT molecular complexity index is 2600. The summed E-state index contributed by atoms with van der Waals surface area (Å²) >= 11 is 0. The molecule has 3 aromatic heterocycles. The largest absolute Gasteiger partial charge is 0.308 e. The van der Waals surface area contributed by atoms with Crippen molar-refractivity contribution >= 4 is 43.6 Å². The summed E-state index contributed by atoms with van der Waals surface area (Å²) in [6, 6.07) is 43.6. The average molecular weight is 563 g/mol. The van der Waals surface area contributed by atoms with Crippen molar-refractivity contribution in [3.05, 3.63) is 138 Å². The first-order valence-electron chi connectivity index (χ1n) is 16.1. The molecule has 5 aromatic carbocycles. The van der Waals surface area contributed by atoms with Gasteiger partial charge in [0.15, 0.2) is 11.1 Å².